The lowest BCUT2D eigenvalue weighted by Gasteiger charge is -2.21. The molecule has 0 fully saturated rings. The Morgan fingerprint density at radius 3 is 2.48 bits per heavy atom. The number of benzene rings is 2. The number of halogens is 1. The van der Waals surface area contributed by atoms with Crippen molar-refractivity contribution in [3.05, 3.63) is 77.6 Å². The number of hydrogen-bond donors (Lipinski definition) is 0. The number of unbranched alkanes of at least 4 members (excludes halogenated alkanes) is 1. The highest BCUT2D eigenvalue weighted by atomic mass is 32.1. The third kappa shape index (κ3) is 5.64. The molecule has 0 aliphatic carbocycles. The lowest BCUT2D eigenvalue weighted by Crippen LogP contribution is -2.30. The van der Waals surface area contributed by atoms with Crippen LogP contribution in [0.5, 0.6) is 0 Å². The van der Waals surface area contributed by atoms with Gasteiger partial charge in [0.25, 0.3) is 5.91 Å². The summed E-state index contributed by atoms with van der Waals surface area (Å²) in [6.45, 7) is 4.06. The zero-order valence-corrected chi connectivity index (χ0v) is 18.3. The van der Waals surface area contributed by atoms with E-state index in [2.05, 4.69) is 11.9 Å². The molecule has 3 rings (SSSR count). The number of nitrogens with zero attached hydrogens (tertiary/aromatic N) is 3. The molecule has 1 heterocycles. The van der Waals surface area contributed by atoms with Crippen LogP contribution in [0.1, 0.15) is 32.4 Å². The number of aromatic nitrogens is 1. The van der Waals surface area contributed by atoms with Crippen molar-refractivity contribution in [1.82, 2.24) is 4.98 Å². The number of hydrogen-bond acceptors (Lipinski definition) is 4. The average molecular weight is 438 g/mol. The second-order valence-electron chi connectivity index (χ2n) is 6.87. The Morgan fingerprint density at radius 2 is 1.81 bits per heavy atom. The fourth-order valence-electron chi connectivity index (χ4n) is 3.03. The van der Waals surface area contributed by atoms with Crippen LogP contribution in [0.25, 0.3) is 6.08 Å². The molecule has 0 radical (unpaired) electrons. The van der Waals surface area contributed by atoms with Gasteiger partial charge in [-0.15, -0.1) is 11.3 Å². The van der Waals surface area contributed by atoms with Gasteiger partial charge in [-0.1, -0.05) is 43.7 Å². The molecule has 0 atom stereocenters. The summed E-state index contributed by atoms with van der Waals surface area (Å²) in [7, 11) is 0. The third-order valence-electron chi connectivity index (χ3n) is 4.58. The second-order valence-corrected chi connectivity index (χ2v) is 7.71. The van der Waals surface area contributed by atoms with E-state index in [0.717, 1.165) is 18.5 Å². The summed E-state index contributed by atoms with van der Waals surface area (Å²) in [5.41, 5.74) is 1.51. The van der Waals surface area contributed by atoms with Crippen LogP contribution in [0.2, 0.25) is 0 Å². The van der Waals surface area contributed by atoms with E-state index < -0.39 is 5.82 Å². The molecule has 1 aromatic heterocycles. The fourth-order valence-corrected chi connectivity index (χ4v) is 3.88. The minimum absolute atomic E-state index is 0.144. The van der Waals surface area contributed by atoms with Crippen molar-refractivity contribution >= 4 is 45.7 Å². The van der Waals surface area contributed by atoms with E-state index in [1.165, 1.54) is 41.4 Å². The molecular formula is C24H24FN3O2S. The Hall–Kier alpha value is -3.32. The van der Waals surface area contributed by atoms with E-state index in [4.69, 9.17) is 0 Å². The molecule has 3 aromatic rings. The van der Waals surface area contributed by atoms with E-state index in [9.17, 15) is 14.0 Å². The molecule has 7 heteroatoms. The predicted molar refractivity (Wildman–Crippen MR) is 124 cm³/mol. The molecule has 0 bridgehead atoms. The van der Waals surface area contributed by atoms with Gasteiger partial charge in [0.15, 0.2) is 5.13 Å². The highest BCUT2D eigenvalue weighted by molar-refractivity contribution is 7.14. The molecule has 160 valence electrons. The number of anilines is 3. The lowest BCUT2D eigenvalue weighted by molar-refractivity contribution is -0.116. The van der Waals surface area contributed by atoms with Gasteiger partial charge in [-0.25, -0.2) is 9.37 Å². The van der Waals surface area contributed by atoms with Crippen LogP contribution in [0.15, 0.2) is 66.1 Å². The molecule has 0 saturated carbocycles. The van der Waals surface area contributed by atoms with Crippen molar-refractivity contribution in [3.8, 4) is 0 Å². The summed E-state index contributed by atoms with van der Waals surface area (Å²) >= 11 is 1.21. The number of thiazole rings is 1. The molecule has 5 nitrogen and oxygen atoms in total. The first-order chi connectivity index (χ1) is 15.0. The first-order valence-electron chi connectivity index (χ1n) is 10.1. The number of carbonyl (C=O) groups is 2. The lowest BCUT2D eigenvalue weighted by atomic mass is 10.2. The van der Waals surface area contributed by atoms with Gasteiger partial charge in [-0.2, -0.15) is 0 Å². The molecule has 0 N–H and O–H groups in total. The maximum absolute atomic E-state index is 14.2. The van der Waals surface area contributed by atoms with E-state index in [1.807, 2.05) is 30.3 Å². The predicted octanol–water partition coefficient (Wildman–Crippen LogP) is 5.81. The normalized spacial score (nSPS) is 10.9. The Bertz CT molecular complexity index is 1070. The van der Waals surface area contributed by atoms with Crippen LogP contribution in [-0.4, -0.2) is 23.3 Å². The summed E-state index contributed by atoms with van der Waals surface area (Å²) in [4.78, 5) is 32.4. The van der Waals surface area contributed by atoms with Gasteiger partial charge in [-0.05, 0) is 36.8 Å². The van der Waals surface area contributed by atoms with Crippen LogP contribution in [0.4, 0.5) is 20.9 Å². The summed E-state index contributed by atoms with van der Waals surface area (Å²) in [6.07, 6.45) is 4.96. The fraction of sp³-hybridized carbons (Fsp3) is 0.208. The topological polar surface area (TPSA) is 53.5 Å². The minimum Gasteiger partial charge on any atom is -0.309 e. The molecule has 0 aliphatic heterocycles. The number of carbonyl (C=O) groups excluding carboxylic acids is 2. The Morgan fingerprint density at radius 1 is 1.10 bits per heavy atom. The number of para-hydroxylation sites is 2. The molecule has 2 aromatic carbocycles. The first-order valence-corrected chi connectivity index (χ1v) is 10.9. The average Bonchev–Trinajstić information content (AvgIpc) is 3.23. The van der Waals surface area contributed by atoms with Gasteiger partial charge >= 0.3 is 0 Å². The Balaban J connectivity index is 1.81. The Kier molecular flexibility index (Phi) is 7.67. The van der Waals surface area contributed by atoms with Crippen molar-refractivity contribution < 1.29 is 14.0 Å². The van der Waals surface area contributed by atoms with Gasteiger partial charge in [-0.3, -0.25) is 14.5 Å². The van der Waals surface area contributed by atoms with E-state index in [-0.39, 0.29) is 17.5 Å². The molecule has 0 saturated heterocycles. The van der Waals surface area contributed by atoms with Crippen LogP contribution >= 0.6 is 11.3 Å². The van der Waals surface area contributed by atoms with Gasteiger partial charge in [0.2, 0.25) is 5.91 Å². The van der Waals surface area contributed by atoms with E-state index >= 15 is 0 Å². The van der Waals surface area contributed by atoms with Gasteiger partial charge < -0.3 is 4.90 Å². The SMILES string of the molecule is CCCCN(C(=O)/C=C/c1csc(N(C(C)=O)c2ccccc2F)n1)c1ccccc1. The van der Waals surface area contributed by atoms with Crippen molar-refractivity contribution in [2.24, 2.45) is 0 Å². The quantitative estimate of drug-likeness (QED) is 0.418. The molecule has 0 unspecified atom stereocenters. The van der Waals surface area contributed by atoms with Crippen LogP contribution in [0, 0.1) is 5.82 Å². The maximum Gasteiger partial charge on any atom is 0.251 e. The van der Waals surface area contributed by atoms with Crippen molar-refractivity contribution in [2.45, 2.75) is 26.7 Å². The van der Waals surface area contributed by atoms with Crippen LogP contribution < -0.4 is 9.80 Å². The molecule has 2 amide bonds. The monoisotopic (exact) mass is 437 g/mol. The highest BCUT2D eigenvalue weighted by Crippen LogP contribution is 2.31. The largest absolute Gasteiger partial charge is 0.309 e. The second kappa shape index (κ2) is 10.6. The van der Waals surface area contributed by atoms with E-state index in [1.54, 1.807) is 28.5 Å². The molecule has 31 heavy (non-hydrogen) atoms. The summed E-state index contributed by atoms with van der Waals surface area (Å²) in [6, 6.07) is 15.6. The summed E-state index contributed by atoms with van der Waals surface area (Å²) < 4.78 is 14.2. The van der Waals surface area contributed by atoms with Gasteiger partial charge in [0, 0.05) is 30.6 Å². The maximum atomic E-state index is 14.2. The van der Waals surface area contributed by atoms with Crippen molar-refractivity contribution in [3.63, 3.8) is 0 Å². The zero-order chi connectivity index (χ0) is 22.2. The highest BCUT2D eigenvalue weighted by Gasteiger charge is 2.20. The zero-order valence-electron chi connectivity index (χ0n) is 17.5. The number of amides is 2. The molecular weight excluding hydrogens is 413 g/mol. The third-order valence-corrected chi connectivity index (χ3v) is 5.42. The minimum atomic E-state index is -0.505. The summed E-state index contributed by atoms with van der Waals surface area (Å²) in [5, 5.41) is 2.07. The van der Waals surface area contributed by atoms with Gasteiger partial charge in [0.1, 0.15) is 5.82 Å². The molecule has 0 spiro atoms. The number of rotatable bonds is 8. The van der Waals surface area contributed by atoms with Crippen molar-refractivity contribution in [2.75, 3.05) is 16.3 Å². The van der Waals surface area contributed by atoms with Crippen molar-refractivity contribution in [1.29, 1.82) is 0 Å². The van der Waals surface area contributed by atoms with Gasteiger partial charge in [0.05, 0.1) is 11.4 Å². The van der Waals surface area contributed by atoms with Crippen LogP contribution in [-0.2, 0) is 9.59 Å². The van der Waals surface area contributed by atoms with E-state index in [0.29, 0.717) is 17.4 Å². The molecule has 0 aliphatic rings. The summed E-state index contributed by atoms with van der Waals surface area (Å²) in [5.74, 6) is -0.998. The first kappa shape index (κ1) is 22.4. The standard InChI is InChI=1S/C24H24FN3O2S/c1-3-4-16-27(20-10-6-5-7-11-20)23(30)15-14-19-17-31-24(26-19)28(18(2)29)22-13-9-8-12-21(22)25/h5-15,17H,3-4,16H2,1-2H3/b15-14+. The Labute approximate surface area is 185 Å². The smallest absolute Gasteiger partial charge is 0.251 e. The van der Waals surface area contributed by atoms with Crippen LogP contribution in [0.3, 0.4) is 0 Å².